The van der Waals surface area contributed by atoms with Crippen LogP contribution in [0.15, 0.2) is 0 Å². The van der Waals surface area contributed by atoms with Crippen LogP contribution in [0, 0.1) is 0 Å². The number of rotatable bonds is 2. The molecule has 2 unspecified atom stereocenters. The summed E-state index contributed by atoms with van der Waals surface area (Å²) in [5.74, 6) is 0. The van der Waals surface area contributed by atoms with Gasteiger partial charge in [0, 0.05) is 13.2 Å². The molecule has 0 saturated carbocycles. The molecule has 0 aliphatic carbocycles. The second-order valence-corrected chi connectivity index (χ2v) is 3.17. The normalized spacial score (nSPS) is 38.2. The Morgan fingerprint density at radius 1 is 0.909 bits per heavy atom. The molecule has 0 bridgehead atoms. The molecule has 3 heteroatoms. The molecule has 0 spiro atoms. The Morgan fingerprint density at radius 2 is 1.45 bits per heavy atom. The Labute approximate surface area is 67.1 Å². The van der Waals surface area contributed by atoms with E-state index in [1.807, 2.05) is 0 Å². The summed E-state index contributed by atoms with van der Waals surface area (Å²) in [5, 5.41) is 3.33. The topological polar surface area (TPSA) is 30.5 Å². The van der Waals surface area contributed by atoms with Crippen molar-refractivity contribution in [2.75, 3.05) is 13.2 Å². The van der Waals surface area contributed by atoms with Gasteiger partial charge in [-0.15, -0.1) is 0 Å². The minimum Gasteiger partial charge on any atom is -0.363 e. The second kappa shape index (κ2) is 3.52. The zero-order valence-corrected chi connectivity index (χ0v) is 6.71. The van der Waals surface area contributed by atoms with Crippen molar-refractivity contribution in [1.29, 1.82) is 0 Å². The van der Waals surface area contributed by atoms with Crippen molar-refractivity contribution in [3.8, 4) is 0 Å². The van der Waals surface area contributed by atoms with Gasteiger partial charge in [0.15, 0.2) is 0 Å². The van der Waals surface area contributed by atoms with Crippen LogP contribution in [-0.4, -0.2) is 25.7 Å². The molecular weight excluding hydrogens is 142 g/mol. The van der Waals surface area contributed by atoms with Gasteiger partial charge in [-0.2, -0.15) is 0 Å². The fourth-order valence-electron chi connectivity index (χ4n) is 1.63. The van der Waals surface area contributed by atoms with Crippen LogP contribution in [0.1, 0.15) is 25.7 Å². The SMILES string of the molecule is C1COC(NC2CCCO2)C1. The molecule has 0 aromatic rings. The Bertz CT molecular complexity index is 103. The first-order valence-corrected chi connectivity index (χ1v) is 4.44. The Balaban J connectivity index is 1.71. The smallest absolute Gasteiger partial charge is 0.110 e. The van der Waals surface area contributed by atoms with Gasteiger partial charge in [0.2, 0.25) is 0 Å². The maximum absolute atomic E-state index is 5.42. The lowest BCUT2D eigenvalue weighted by Gasteiger charge is -2.16. The van der Waals surface area contributed by atoms with Gasteiger partial charge >= 0.3 is 0 Å². The van der Waals surface area contributed by atoms with E-state index >= 15 is 0 Å². The van der Waals surface area contributed by atoms with Gasteiger partial charge in [0.05, 0.1) is 0 Å². The fraction of sp³-hybridized carbons (Fsp3) is 1.00. The van der Waals surface area contributed by atoms with Crippen LogP contribution in [0.5, 0.6) is 0 Å². The Morgan fingerprint density at radius 3 is 1.82 bits per heavy atom. The molecule has 0 aromatic carbocycles. The highest BCUT2D eigenvalue weighted by atomic mass is 16.5. The quantitative estimate of drug-likeness (QED) is 0.644. The van der Waals surface area contributed by atoms with E-state index in [1.54, 1.807) is 0 Å². The van der Waals surface area contributed by atoms with Gasteiger partial charge < -0.3 is 9.47 Å². The van der Waals surface area contributed by atoms with Crippen molar-refractivity contribution in [1.82, 2.24) is 5.32 Å². The zero-order chi connectivity index (χ0) is 7.52. The van der Waals surface area contributed by atoms with Crippen molar-refractivity contribution >= 4 is 0 Å². The van der Waals surface area contributed by atoms with Crippen LogP contribution in [-0.2, 0) is 9.47 Å². The third kappa shape index (κ3) is 1.92. The number of hydrogen-bond donors (Lipinski definition) is 1. The van der Waals surface area contributed by atoms with E-state index in [1.165, 1.54) is 12.8 Å². The van der Waals surface area contributed by atoms with Gasteiger partial charge in [-0.05, 0) is 25.7 Å². The van der Waals surface area contributed by atoms with E-state index in [0.29, 0.717) is 0 Å². The van der Waals surface area contributed by atoms with E-state index in [-0.39, 0.29) is 12.5 Å². The predicted molar refractivity (Wildman–Crippen MR) is 41.1 cm³/mol. The van der Waals surface area contributed by atoms with E-state index in [9.17, 15) is 0 Å². The first-order chi connectivity index (χ1) is 5.45. The minimum atomic E-state index is 0.262. The summed E-state index contributed by atoms with van der Waals surface area (Å²) in [7, 11) is 0. The lowest BCUT2D eigenvalue weighted by molar-refractivity contribution is 0.00591. The molecule has 2 fully saturated rings. The lowest BCUT2D eigenvalue weighted by atomic mass is 10.3. The molecule has 1 N–H and O–H groups in total. The Kier molecular flexibility index (Phi) is 2.41. The predicted octanol–water partition coefficient (Wildman–Crippen LogP) is 0.849. The van der Waals surface area contributed by atoms with Crippen LogP contribution < -0.4 is 5.32 Å². The molecule has 2 atom stereocenters. The first kappa shape index (κ1) is 7.53. The maximum atomic E-state index is 5.42. The van der Waals surface area contributed by atoms with Crippen LogP contribution in [0.25, 0.3) is 0 Å². The molecule has 2 aliphatic heterocycles. The average Bonchev–Trinajstić information content (AvgIpc) is 2.60. The standard InChI is InChI=1S/C8H15NO2/c1-3-7(10-5-1)9-8-4-2-6-11-8/h7-9H,1-6H2. The molecule has 11 heavy (non-hydrogen) atoms. The molecular formula is C8H15NO2. The largest absolute Gasteiger partial charge is 0.363 e. The molecule has 0 radical (unpaired) electrons. The summed E-state index contributed by atoms with van der Waals surface area (Å²) in [6, 6.07) is 0. The summed E-state index contributed by atoms with van der Waals surface area (Å²) in [5.41, 5.74) is 0. The van der Waals surface area contributed by atoms with E-state index in [4.69, 9.17) is 9.47 Å². The van der Waals surface area contributed by atoms with E-state index in [2.05, 4.69) is 5.32 Å². The minimum absolute atomic E-state index is 0.262. The highest BCUT2D eigenvalue weighted by Crippen LogP contribution is 2.14. The van der Waals surface area contributed by atoms with Gasteiger partial charge in [-0.3, -0.25) is 5.32 Å². The second-order valence-electron chi connectivity index (χ2n) is 3.17. The van der Waals surface area contributed by atoms with Crippen molar-refractivity contribution < 1.29 is 9.47 Å². The first-order valence-electron chi connectivity index (χ1n) is 4.44. The summed E-state index contributed by atoms with van der Waals surface area (Å²) in [4.78, 5) is 0. The van der Waals surface area contributed by atoms with Crippen molar-refractivity contribution in [2.24, 2.45) is 0 Å². The number of hydrogen-bond acceptors (Lipinski definition) is 3. The van der Waals surface area contributed by atoms with E-state index in [0.717, 1.165) is 26.1 Å². The molecule has 64 valence electrons. The van der Waals surface area contributed by atoms with E-state index < -0.39 is 0 Å². The molecule has 2 heterocycles. The lowest BCUT2D eigenvalue weighted by Crippen LogP contribution is -2.37. The average molecular weight is 157 g/mol. The number of ether oxygens (including phenoxy) is 2. The summed E-state index contributed by atoms with van der Waals surface area (Å²) >= 11 is 0. The van der Waals surface area contributed by atoms with Crippen LogP contribution in [0.3, 0.4) is 0 Å². The molecule has 2 saturated heterocycles. The zero-order valence-electron chi connectivity index (χ0n) is 6.71. The van der Waals surface area contributed by atoms with Crippen molar-refractivity contribution in [3.05, 3.63) is 0 Å². The third-order valence-corrected chi connectivity index (χ3v) is 2.23. The summed E-state index contributed by atoms with van der Waals surface area (Å²) in [6.07, 6.45) is 5.17. The van der Waals surface area contributed by atoms with Gasteiger partial charge in [0.25, 0.3) is 0 Å². The molecule has 2 aliphatic rings. The molecule has 3 nitrogen and oxygen atoms in total. The Hall–Kier alpha value is -0.120. The maximum Gasteiger partial charge on any atom is 0.110 e. The van der Waals surface area contributed by atoms with Crippen LogP contribution >= 0.6 is 0 Å². The number of nitrogens with one attached hydrogen (secondary N) is 1. The van der Waals surface area contributed by atoms with Gasteiger partial charge in [-0.25, -0.2) is 0 Å². The summed E-state index contributed by atoms with van der Waals surface area (Å²) < 4.78 is 10.8. The highest BCUT2D eigenvalue weighted by Gasteiger charge is 2.22. The van der Waals surface area contributed by atoms with Gasteiger partial charge in [0.1, 0.15) is 12.5 Å². The van der Waals surface area contributed by atoms with Gasteiger partial charge in [-0.1, -0.05) is 0 Å². The van der Waals surface area contributed by atoms with Crippen molar-refractivity contribution in [2.45, 2.75) is 38.1 Å². The monoisotopic (exact) mass is 157 g/mol. The highest BCUT2D eigenvalue weighted by molar-refractivity contribution is 4.68. The van der Waals surface area contributed by atoms with Crippen LogP contribution in [0.4, 0.5) is 0 Å². The third-order valence-electron chi connectivity index (χ3n) is 2.23. The van der Waals surface area contributed by atoms with Crippen molar-refractivity contribution in [3.63, 3.8) is 0 Å². The fourth-order valence-corrected chi connectivity index (χ4v) is 1.63. The molecule has 2 rings (SSSR count). The summed E-state index contributed by atoms with van der Waals surface area (Å²) in [6.45, 7) is 1.81. The molecule has 0 amide bonds. The molecule has 0 aromatic heterocycles. The van der Waals surface area contributed by atoms with Crippen LogP contribution in [0.2, 0.25) is 0 Å².